The fraction of sp³-hybridized carbons (Fsp3) is 0.0714. The Morgan fingerprint density at radius 2 is 1.78 bits per heavy atom. The second-order valence-corrected chi connectivity index (χ2v) is 8.55. The van der Waals surface area contributed by atoms with Gasteiger partial charge in [-0.25, -0.2) is 18.6 Å². The average molecular weight is 493 g/mol. The Hall–Kier alpha value is -5.05. The van der Waals surface area contributed by atoms with Crippen molar-refractivity contribution in [1.29, 1.82) is 0 Å². The number of pyridine rings is 1. The summed E-state index contributed by atoms with van der Waals surface area (Å²) < 4.78 is 21.8. The van der Waals surface area contributed by atoms with Gasteiger partial charge in [0.1, 0.15) is 11.6 Å². The molecule has 0 aliphatic heterocycles. The molecular weight excluding hydrogens is 473 g/mol. The number of carbonyl (C=O) groups excluding carboxylic acids is 1. The summed E-state index contributed by atoms with van der Waals surface area (Å²) in [5.74, 6) is -0.241. The lowest BCUT2D eigenvalue weighted by Gasteiger charge is -2.12. The van der Waals surface area contributed by atoms with Crippen LogP contribution >= 0.6 is 0 Å². The molecule has 1 amide bonds. The van der Waals surface area contributed by atoms with Crippen LogP contribution in [0.15, 0.2) is 90.0 Å². The van der Waals surface area contributed by atoms with Crippen LogP contribution in [0.5, 0.6) is 5.75 Å². The Bertz CT molecular complexity index is 1870. The van der Waals surface area contributed by atoms with Crippen molar-refractivity contribution in [1.82, 2.24) is 19.3 Å². The highest BCUT2D eigenvalue weighted by Crippen LogP contribution is 2.29. The Morgan fingerprint density at radius 1 is 1.00 bits per heavy atom. The zero-order valence-corrected chi connectivity index (χ0v) is 19.7. The minimum atomic E-state index is -0.489. The van der Waals surface area contributed by atoms with E-state index in [1.807, 2.05) is 43.3 Å². The molecule has 8 nitrogen and oxygen atoms in total. The summed E-state index contributed by atoms with van der Waals surface area (Å²) in [6, 6.07) is 21.1. The van der Waals surface area contributed by atoms with Crippen LogP contribution in [-0.2, 0) is 4.79 Å². The smallest absolute Gasteiger partial charge is 0.280 e. The number of ether oxygens (including phenoxy) is 1. The molecule has 9 heteroatoms. The number of benzene rings is 3. The number of hydrogen-bond acceptors (Lipinski definition) is 5. The lowest BCUT2D eigenvalue weighted by Crippen LogP contribution is -2.35. The van der Waals surface area contributed by atoms with Crippen molar-refractivity contribution < 1.29 is 13.9 Å². The number of halogens is 1. The topological polar surface area (TPSA) is 90.5 Å². The molecule has 3 aromatic heterocycles. The van der Waals surface area contributed by atoms with E-state index in [9.17, 15) is 14.0 Å². The SMILES string of the molecule is Cc1nn2c(ncc3c(=O)n(NC(=O)COc4cccc5ccccc45)ccc32)c1-c1ccc(F)cc1. The minimum Gasteiger partial charge on any atom is -0.483 e. The number of hydrogen-bond donors (Lipinski definition) is 1. The zero-order chi connectivity index (χ0) is 25.5. The second-order valence-electron chi connectivity index (χ2n) is 8.55. The Kier molecular flexibility index (Phi) is 5.37. The molecule has 182 valence electrons. The van der Waals surface area contributed by atoms with E-state index < -0.39 is 11.5 Å². The fourth-order valence-corrected chi connectivity index (χ4v) is 4.45. The van der Waals surface area contributed by atoms with Crippen LogP contribution in [0.3, 0.4) is 0 Å². The van der Waals surface area contributed by atoms with Crippen LogP contribution in [0, 0.1) is 12.7 Å². The van der Waals surface area contributed by atoms with Crippen LogP contribution in [0.4, 0.5) is 4.39 Å². The van der Waals surface area contributed by atoms with Gasteiger partial charge in [-0.15, -0.1) is 0 Å². The standard InChI is InChI=1S/C28H20FN5O3/c1-17-26(19-9-11-20(29)12-10-19)27-30-15-22-23(34(27)31-17)13-14-33(28(22)36)32-25(35)16-37-24-8-4-6-18-5-2-3-7-21(18)24/h2-15H,16H2,1H3,(H,32,35). The van der Waals surface area contributed by atoms with Crippen molar-refractivity contribution in [2.24, 2.45) is 0 Å². The zero-order valence-electron chi connectivity index (χ0n) is 19.7. The summed E-state index contributed by atoms with van der Waals surface area (Å²) in [7, 11) is 0. The van der Waals surface area contributed by atoms with Gasteiger partial charge in [-0.2, -0.15) is 5.10 Å². The number of aryl methyl sites for hydroxylation is 1. The maximum absolute atomic E-state index is 13.4. The number of carbonyl (C=O) groups is 1. The molecule has 6 rings (SSSR count). The van der Waals surface area contributed by atoms with Crippen LogP contribution < -0.4 is 15.7 Å². The van der Waals surface area contributed by atoms with Crippen molar-refractivity contribution in [2.75, 3.05) is 12.0 Å². The van der Waals surface area contributed by atoms with E-state index in [1.165, 1.54) is 24.5 Å². The van der Waals surface area contributed by atoms with Gasteiger partial charge in [-0.05, 0) is 42.1 Å². The van der Waals surface area contributed by atoms with Crippen molar-refractivity contribution in [2.45, 2.75) is 6.92 Å². The van der Waals surface area contributed by atoms with E-state index in [2.05, 4.69) is 15.5 Å². The third-order valence-corrected chi connectivity index (χ3v) is 6.17. The van der Waals surface area contributed by atoms with Crippen molar-refractivity contribution >= 4 is 33.2 Å². The van der Waals surface area contributed by atoms with Gasteiger partial charge in [-0.3, -0.25) is 15.0 Å². The van der Waals surface area contributed by atoms with Gasteiger partial charge in [0.05, 0.1) is 16.6 Å². The highest BCUT2D eigenvalue weighted by atomic mass is 19.1. The van der Waals surface area contributed by atoms with E-state index in [0.717, 1.165) is 26.6 Å². The Labute approximate surface area is 209 Å². The largest absolute Gasteiger partial charge is 0.483 e. The van der Waals surface area contributed by atoms with E-state index in [1.54, 1.807) is 28.8 Å². The predicted molar refractivity (Wildman–Crippen MR) is 139 cm³/mol. The third-order valence-electron chi connectivity index (χ3n) is 6.17. The number of nitrogens with zero attached hydrogens (tertiary/aromatic N) is 4. The summed E-state index contributed by atoms with van der Waals surface area (Å²) in [6.45, 7) is 1.56. The summed E-state index contributed by atoms with van der Waals surface area (Å²) in [6.07, 6.45) is 2.92. The first-order valence-corrected chi connectivity index (χ1v) is 11.6. The van der Waals surface area contributed by atoms with E-state index in [4.69, 9.17) is 4.74 Å². The first-order chi connectivity index (χ1) is 18.0. The van der Waals surface area contributed by atoms with Gasteiger partial charge in [0, 0.05) is 23.3 Å². The molecule has 3 heterocycles. The van der Waals surface area contributed by atoms with Crippen molar-refractivity contribution in [3.05, 3.63) is 107 Å². The first kappa shape index (κ1) is 22.4. The summed E-state index contributed by atoms with van der Waals surface area (Å²) >= 11 is 0. The van der Waals surface area contributed by atoms with Gasteiger partial charge in [-0.1, -0.05) is 48.5 Å². The number of fused-ring (bicyclic) bond motifs is 4. The molecule has 0 aliphatic carbocycles. The Balaban J connectivity index is 1.28. The van der Waals surface area contributed by atoms with E-state index in [-0.39, 0.29) is 17.8 Å². The molecule has 0 fully saturated rings. The molecule has 6 aromatic rings. The second kappa shape index (κ2) is 8.87. The van der Waals surface area contributed by atoms with Crippen molar-refractivity contribution in [3.63, 3.8) is 0 Å². The predicted octanol–water partition coefficient (Wildman–Crippen LogP) is 4.46. The molecule has 0 aliphatic rings. The van der Waals surface area contributed by atoms with Crippen LogP contribution in [0.1, 0.15) is 5.69 Å². The van der Waals surface area contributed by atoms with E-state index in [0.29, 0.717) is 22.6 Å². The van der Waals surface area contributed by atoms with Gasteiger partial charge >= 0.3 is 0 Å². The van der Waals surface area contributed by atoms with Crippen LogP contribution in [0.2, 0.25) is 0 Å². The number of amides is 1. The maximum atomic E-state index is 13.4. The van der Waals surface area contributed by atoms with Gasteiger partial charge < -0.3 is 4.74 Å². The summed E-state index contributed by atoms with van der Waals surface area (Å²) in [5, 5.41) is 6.74. The maximum Gasteiger partial charge on any atom is 0.280 e. The lowest BCUT2D eigenvalue weighted by atomic mass is 10.1. The minimum absolute atomic E-state index is 0.269. The van der Waals surface area contributed by atoms with Crippen LogP contribution in [0.25, 0.3) is 38.4 Å². The highest BCUT2D eigenvalue weighted by Gasteiger charge is 2.17. The monoisotopic (exact) mass is 493 g/mol. The quantitative estimate of drug-likeness (QED) is 0.383. The van der Waals surface area contributed by atoms with E-state index >= 15 is 0 Å². The molecule has 0 atom stereocenters. The summed E-state index contributed by atoms with van der Waals surface area (Å²) in [4.78, 5) is 30.2. The van der Waals surface area contributed by atoms with Gasteiger partial charge in [0.25, 0.3) is 11.5 Å². The molecule has 0 radical (unpaired) electrons. The van der Waals surface area contributed by atoms with Crippen molar-refractivity contribution in [3.8, 4) is 16.9 Å². The third kappa shape index (κ3) is 3.96. The molecular formula is C28H20FN5O3. The lowest BCUT2D eigenvalue weighted by molar-refractivity contribution is -0.119. The molecule has 1 N–H and O–H groups in total. The molecule has 0 saturated carbocycles. The van der Waals surface area contributed by atoms with Crippen LogP contribution in [-0.4, -0.2) is 31.8 Å². The molecule has 0 spiro atoms. The molecule has 3 aromatic carbocycles. The number of aromatic nitrogens is 4. The molecule has 37 heavy (non-hydrogen) atoms. The molecule has 0 saturated heterocycles. The first-order valence-electron chi connectivity index (χ1n) is 11.6. The fourth-order valence-electron chi connectivity index (χ4n) is 4.45. The summed E-state index contributed by atoms with van der Waals surface area (Å²) in [5.41, 5.74) is 5.40. The molecule has 0 bridgehead atoms. The van der Waals surface area contributed by atoms with Gasteiger partial charge in [0.2, 0.25) is 0 Å². The number of nitrogens with one attached hydrogen (secondary N) is 1. The highest BCUT2D eigenvalue weighted by molar-refractivity contribution is 5.90. The number of rotatable bonds is 5. The molecule has 0 unspecified atom stereocenters. The average Bonchev–Trinajstić information content (AvgIpc) is 3.25. The Morgan fingerprint density at radius 3 is 2.62 bits per heavy atom. The normalized spacial score (nSPS) is 11.3. The van der Waals surface area contributed by atoms with Gasteiger partial charge in [0.15, 0.2) is 12.3 Å².